The Morgan fingerprint density at radius 1 is 1.05 bits per heavy atom. The van der Waals surface area contributed by atoms with Gasteiger partial charge in [-0.3, -0.25) is 0 Å². The van der Waals surface area contributed by atoms with Crippen LogP contribution in [0.1, 0.15) is 18.9 Å². The molecular formula is C17H19NO3S. The van der Waals surface area contributed by atoms with Crippen LogP contribution in [0.2, 0.25) is 0 Å². The minimum Gasteiger partial charge on any atom is -0.411 e. The van der Waals surface area contributed by atoms with E-state index in [-0.39, 0.29) is 5.71 Å². The summed E-state index contributed by atoms with van der Waals surface area (Å²) in [6.07, 6.45) is 1.52. The summed E-state index contributed by atoms with van der Waals surface area (Å²) in [6, 6.07) is 17.2. The zero-order chi connectivity index (χ0) is 16.2. The van der Waals surface area contributed by atoms with Crippen LogP contribution in [0.15, 0.2) is 59.8 Å². The molecule has 0 saturated heterocycles. The van der Waals surface area contributed by atoms with E-state index in [1.807, 2.05) is 42.5 Å². The van der Waals surface area contributed by atoms with Crippen molar-refractivity contribution < 1.29 is 13.6 Å². The second kappa shape index (κ2) is 6.75. The first-order valence-electron chi connectivity index (χ1n) is 7.04. The summed E-state index contributed by atoms with van der Waals surface area (Å²) in [5.41, 5.74) is 2.89. The molecule has 2 rings (SSSR count). The van der Waals surface area contributed by atoms with Crippen molar-refractivity contribution >= 4 is 15.5 Å². The lowest BCUT2D eigenvalue weighted by Crippen LogP contribution is -2.29. The number of hydrogen-bond acceptors (Lipinski definition) is 4. The van der Waals surface area contributed by atoms with Crippen molar-refractivity contribution in [1.29, 1.82) is 0 Å². The minimum atomic E-state index is -3.33. The lowest BCUT2D eigenvalue weighted by atomic mass is 10.0. The third-order valence-corrected chi connectivity index (χ3v) is 5.18. The van der Waals surface area contributed by atoms with Gasteiger partial charge < -0.3 is 5.21 Å². The van der Waals surface area contributed by atoms with E-state index in [0.29, 0.717) is 12.0 Å². The van der Waals surface area contributed by atoms with Crippen LogP contribution in [-0.4, -0.2) is 30.8 Å². The smallest absolute Gasteiger partial charge is 0.156 e. The summed E-state index contributed by atoms with van der Waals surface area (Å²) in [4.78, 5) is 0. The van der Waals surface area contributed by atoms with Gasteiger partial charge in [-0.2, -0.15) is 0 Å². The van der Waals surface area contributed by atoms with E-state index < -0.39 is 15.1 Å². The zero-order valence-electron chi connectivity index (χ0n) is 12.6. The van der Waals surface area contributed by atoms with Crippen molar-refractivity contribution in [3.8, 4) is 11.1 Å². The van der Waals surface area contributed by atoms with E-state index >= 15 is 0 Å². The van der Waals surface area contributed by atoms with Crippen LogP contribution >= 0.6 is 0 Å². The Balaban J connectivity index is 2.37. The average molecular weight is 317 g/mol. The highest BCUT2D eigenvalue weighted by Gasteiger charge is 2.26. The van der Waals surface area contributed by atoms with Crippen LogP contribution in [0, 0.1) is 0 Å². The van der Waals surface area contributed by atoms with Crippen molar-refractivity contribution in [1.82, 2.24) is 0 Å². The summed E-state index contributed by atoms with van der Waals surface area (Å²) < 4.78 is 23.7. The summed E-state index contributed by atoms with van der Waals surface area (Å²) in [5.74, 6) is 0. The Hall–Kier alpha value is -2.14. The van der Waals surface area contributed by atoms with Crippen LogP contribution in [0.3, 0.4) is 0 Å². The molecule has 0 bridgehead atoms. The molecular weight excluding hydrogens is 298 g/mol. The molecule has 0 aromatic heterocycles. The van der Waals surface area contributed by atoms with E-state index in [2.05, 4.69) is 5.16 Å². The first kappa shape index (κ1) is 16.2. The molecule has 0 fully saturated rings. The van der Waals surface area contributed by atoms with Gasteiger partial charge in [-0.25, -0.2) is 8.42 Å². The highest BCUT2D eigenvalue weighted by atomic mass is 32.2. The van der Waals surface area contributed by atoms with Crippen molar-refractivity contribution in [3.05, 3.63) is 60.2 Å². The molecule has 0 saturated carbocycles. The fourth-order valence-electron chi connectivity index (χ4n) is 2.47. The third-order valence-electron chi connectivity index (χ3n) is 3.59. The van der Waals surface area contributed by atoms with Crippen molar-refractivity contribution in [2.24, 2.45) is 5.16 Å². The van der Waals surface area contributed by atoms with E-state index in [9.17, 15) is 13.6 Å². The fourth-order valence-corrected chi connectivity index (χ4v) is 3.67. The van der Waals surface area contributed by atoms with Crippen LogP contribution in [-0.2, 0) is 9.84 Å². The number of sulfone groups is 1. The van der Waals surface area contributed by atoms with Gasteiger partial charge in [0.25, 0.3) is 0 Å². The summed E-state index contributed by atoms with van der Waals surface area (Å²) in [5, 5.41) is 11.7. The number of nitrogens with zero attached hydrogens (tertiary/aromatic N) is 1. The van der Waals surface area contributed by atoms with Gasteiger partial charge in [-0.1, -0.05) is 66.7 Å². The number of benzene rings is 2. The highest BCUT2D eigenvalue weighted by molar-refractivity contribution is 7.92. The Bertz CT molecular complexity index is 750. The van der Waals surface area contributed by atoms with Gasteiger partial charge in [-0.15, -0.1) is 0 Å². The standard InChI is InChI=1S/C17H19NO3S/c1-3-16(22(2,20)21)17(18-19)15-11-9-14(10-12-15)13-7-5-4-6-8-13/h4-12,16,19H,3H2,1-2H3. The van der Waals surface area contributed by atoms with Gasteiger partial charge in [0.05, 0.1) is 0 Å². The van der Waals surface area contributed by atoms with Gasteiger partial charge in [0.1, 0.15) is 11.0 Å². The van der Waals surface area contributed by atoms with Crippen LogP contribution in [0.5, 0.6) is 0 Å². The summed E-state index contributed by atoms with van der Waals surface area (Å²) in [7, 11) is -3.33. The zero-order valence-corrected chi connectivity index (χ0v) is 13.4. The van der Waals surface area contributed by atoms with Crippen molar-refractivity contribution in [2.75, 3.05) is 6.26 Å². The Morgan fingerprint density at radius 3 is 2.05 bits per heavy atom. The Morgan fingerprint density at radius 2 is 1.59 bits per heavy atom. The monoisotopic (exact) mass is 317 g/mol. The molecule has 0 amide bonds. The van der Waals surface area contributed by atoms with Gasteiger partial charge in [0.2, 0.25) is 0 Å². The molecule has 2 aromatic rings. The molecule has 5 heteroatoms. The first-order valence-corrected chi connectivity index (χ1v) is 8.99. The van der Waals surface area contributed by atoms with Crippen LogP contribution < -0.4 is 0 Å². The molecule has 1 N–H and O–H groups in total. The highest BCUT2D eigenvalue weighted by Crippen LogP contribution is 2.21. The van der Waals surface area contributed by atoms with Gasteiger partial charge >= 0.3 is 0 Å². The largest absolute Gasteiger partial charge is 0.411 e. The third kappa shape index (κ3) is 3.54. The molecule has 4 nitrogen and oxygen atoms in total. The quantitative estimate of drug-likeness (QED) is 0.522. The number of hydrogen-bond donors (Lipinski definition) is 1. The number of oxime groups is 1. The van der Waals surface area contributed by atoms with E-state index in [4.69, 9.17) is 0 Å². The SMILES string of the molecule is CCC(C(=NO)c1ccc(-c2ccccc2)cc1)S(C)(=O)=O. The van der Waals surface area contributed by atoms with Crippen LogP contribution in [0.4, 0.5) is 0 Å². The maximum Gasteiger partial charge on any atom is 0.156 e. The second-order valence-corrected chi connectivity index (χ2v) is 7.38. The topological polar surface area (TPSA) is 66.7 Å². The molecule has 0 radical (unpaired) electrons. The number of rotatable bonds is 5. The van der Waals surface area contributed by atoms with Crippen LogP contribution in [0.25, 0.3) is 11.1 Å². The molecule has 0 aliphatic carbocycles. The van der Waals surface area contributed by atoms with Gasteiger partial charge in [-0.05, 0) is 17.5 Å². The second-order valence-electron chi connectivity index (χ2n) is 5.16. The normalized spacial score (nSPS) is 13.8. The minimum absolute atomic E-state index is 0.185. The summed E-state index contributed by atoms with van der Waals surface area (Å²) in [6.45, 7) is 1.76. The lowest BCUT2D eigenvalue weighted by Gasteiger charge is -2.15. The molecule has 22 heavy (non-hydrogen) atoms. The Kier molecular flexibility index (Phi) is 4.98. The maximum absolute atomic E-state index is 11.8. The summed E-state index contributed by atoms with van der Waals surface area (Å²) >= 11 is 0. The average Bonchev–Trinajstić information content (AvgIpc) is 2.52. The molecule has 0 aliphatic rings. The van der Waals surface area contributed by atoms with E-state index in [1.165, 1.54) is 0 Å². The predicted octanol–water partition coefficient (Wildman–Crippen LogP) is 3.36. The molecule has 0 aliphatic heterocycles. The van der Waals surface area contributed by atoms with Gasteiger partial charge in [0, 0.05) is 11.8 Å². The van der Waals surface area contributed by atoms with Crippen molar-refractivity contribution in [2.45, 2.75) is 18.6 Å². The molecule has 0 heterocycles. The molecule has 1 atom stereocenters. The van der Waals surface area contributed by atoms with Crippen molar-refractivity contribution in [3.63, 3.8) is 0 Å². The fraction of sp³-hybridized carbons (Fsp3) is 0.235. The maximum atomic E-state index is 11.8. The van der Waals surface area contributed by atoms with E-state index in [0.717, 1.165) is 17.4 Å². The predicted molar refractivity (Wildman–Crippen MR) is 89.1 cm³/mol. The molecule has 1 unspecified atom stereocenters. The first-order chi connectivity index (χ1) is 10.5. The Labute approximate surface area is 131 Å². The van der Waals surface area contributed by atoms with Gasteiger partial charge in [0.15, 0.2) is 9.84 Å². The molecule has 2 aromatic carbocycles. The van der Waals surface area contributed by atoms with E-state index in [1.54, 1.807) is 19.1 Å². The molecule has 0 spiro atoms. The lowest BCUT2D eigenvalue weighted by molar-refractivity contribution is 0.318. The molecule has 116 valence electrons.